The van der Waals surface area contributed by atoms with Crippen molar-refractivity contribution in [2.24, 2.45) is 11.7 Å². The van der Waals surface area contributed by atoms with E-state index < -0.39 is 10.0 Å². The molecule has 1 saturated carbocycles. The highest BCUT2D eigenvalue weighted by molar-refractivity contribution is 7.89. The van der Waals surface area contributed by atoms with Crippen LogP contribution < -0.4 is 21.5 Å². The number of hydrogen-bond donors (Lipinski definition) is 4. The number of nitrogens with one attached hydrogen (secondary N) is 2. The van der Waals surface area contributed by atoms with Crippen LogP contribution in [0.3, 0.4) is 0 Å². The SMILES string of the molecule is C[C@@H](NC(=O)C1CCC(NS(=O)(=O)c2ccc(CN)c(N)c2)CC1)c1ccc(F)cc1. The zero-order valence-corrected chi connectivity index (χ0v) is 18.3. The van der Waals surface area contributed by atoms with Gasteiger partial charge in [0, 0.05) is 24.2 Å². The Kier molecular flexibility index (Phi) is 7.30. The largest absolute Gasteiger partial charge is 0.398 e. The number of halogens is 1. The van der Waals surface area contributed by atoms with Gasteiger partial charge in [0.1, 0.15) is 5.82 Å². The van der Waals surface area contributed by atoms with E-state index in [0.29, 0.717) is 36.9 Å². The highest BCUT2D eigenvalue weighted by Crippen LogP contribution is 2.27. The number of amides is 1. The molecule has 0 saturated heterocycles. The number of sulfonamides is 1. The van der Waals surface area contributed by atoms with Crippen LogP contribution in [-0.4, -0.2) is 20.4 Å². The normalized spacial score (nSPS) is 20.2. The molecule has 7 nitrogen and oxygen atoms in total. The minimum absolute atomic E-state index is 0.0664. The second kappa shape index (κ2) is 9.76. The maximum absolute atomic E-state index is 13.1. The first-order valence-corrected chi connectivity index (χ1v) is 11.8. The maximum Gasteiger partial charge on any atom is 0.240 e. The van der Waals surface area contributed by atoms with Gasteiger partial charge >= 0.3 is 0 Å². The van der Waals surface area contributed by atoms with Crippen molar-refractivity contribution in [1.29, 1.82) is 0 Å². The van der Waals surface area contributed by atoms with Gasteiger partial charge in [0.2, 0.25) is 15.9 Å². The minimum atomic E-state index is -3.71. The van der Waals surface area contributed by atoms with E-state index >= 15 is 0 Å². The molecule has 1 aliphatic carbocycles. The molecule has 1 amide bonds. The Labute approximate surface area is 182 Å². The van der Waals surface area contributed by atoms with Crippen LogP contribution in [0.15, 0.2) is 47.4 Å². The molecule has 1 fully saturated rings. The third-order valence-electron chi connectivity index (χ3n) is 5.80. The summed E-state index contributed by atoms with van der Waals surface area (Å²) < 4.78 is 41.2. The predicted octanol–water partition coefficient (Wildman–Crippen LogP) is 2.58. The summed E-state index contributed by atoms with van der Waals surface area (Å²) in [5.74, 6) is -0.563. The average Bonchev–Trinajstić information content (AvgIpc) is 2.74. The lowest BCUT2D eigenvalue weighted by molar-refractivity contribution is -0.126. The molecule has 0 aromatic heterocycles. The molecule has 0 spiro atoms. The van der Waals surface area contributed by atoms with Crippen molar-refractivity contribution < 1.29 is 17.6 Å². The second-order valence-electron chi connectivity index (χ2n) is 8.02. The fraction of sp³-hybridized carbons (Fsp3) is 0.409. The van der Waals surface area contributed by atoms with Gasteiger partial charge in [-0.15, -0.1) is 0 Å². The summed E-state index contributed by atoms with van der Waals surface area (Å²) in [5, 5.41) is 2.97. The summed E-state index contributed by atoms with van der Waals surface area (Å²) in [6.45, 7) is 2.10. The van der Waals surface area contributed by atoms with Gasteiger partial charge in [-0.3, -0.25) is 4.79 Å². The van der Waals surface area contributed by atoms with Gasteiger partial charge in [-0.05, 0) is 68.0 Å². The second-order valence-corrected chi connectivity index (χ2v) is 9.73. The Balaban J connectivity index is 1.53. The van der Waals surface area contributed by atoms with Crippen LogP contribution in [0.1, 0.15) is 49.8 Å². The van der Waals surface area contributed by atoms with Crippen molar-refractivity contribution in [2.75, 3.05) is 5.73 Å². The summed E-state index contributed by atoms with van der Waals surface area (Å²) in [4.78, 5) is 12.7. The maximum atomic E-state index is 13.1. The Morgan fingerprint density at radius 1 is 1.13 bits per heavy atom. The van der Waals surface area contributed by atoms with Crippen LogP contribution >= 0.6 is 0 Å². The van der Waals surface area contributed by atoms with Crippen molar-refractivity contribution in [2.45, 2.75) is 56.1 Å². The lowest BCUT2D eigenvalue weighted by atomic mass is 9.85. The molecule has 31 heavy (non-hydrogen) atoms. The molecule has 168 valence electrons. The monoisotopic (exact) mass is 448 g/mol. The molecule has 6 N–H and O–H groups in total. The van der Waals surface area contributed by atoms with E-state index in [0.717, 1.165) is 5.56 Å². The van der Waals surface area contributed by atoms with Crippen LogP contribution in [0, 0.1) is 11.7 Å². The number of benzene rings is 2. The van der Waals surface area contributed by atoms with E-state index in [2.05, 4.69) is 10.0 Å². The summed E-state index contributed by atoms with van der Waals surface area (Å²) in [7, 11) is -3.71. The van der Waals surface area contributed by atoms with Crippen molar-refractivity contribution >= 4 is 21.6 Å². The Bertz CT molecular complexity index is 1020. The lowest BCUT2D eigenvalue weighted by Gasteiger charge is -2.29. The summed E-state index contributed by atoms with van der Waals surface area (Å²) >= 11 is 0. The van der Waals surface area contributed by atoms with Crippen LogP contribution in [0.25, 0.3) is 0 Å². The summed E-state index contributed by atoms with van der Waals surface area (Å²) in [6.07, 6.45) is 2.31. The minimum Gasteiger partial charge on any atom is -0.398 e. The highest BCUT2D eigenvalue weighted by Gasteiger charge is 2.30. The predicted molar refractivity (Wildman–Crippen MR) is 118 cm³/mol. The molecule has 0 heterocycles. The van der Waals surface area contributed by atoms with Gasteiger partial charge in [-0.2, -0.15) is 0 Å². The smallest absolute Gasteiger partial charge is 0.240 e. The third-order valence-corrected chi connectivity index (χ3v) is 7.31. The van der Waals surface area contributed by atoms with Crippen LogP contribution in [0.2, 0.25) is 0 Å². The zero-order valence-electron chi connectivity index (χ0n) is 17.5. The molecule has 0 aliphatic heterocycles. The fourth-order valence-electron chi connectivity index (χ4n) is 3.85. The molecule has 0 unspecified atom stereocenters. The van der Waals surface area contributed by atoms with E-state index in [1.165, 1.54) is 24.3 Å². The number of carbonyl (C=O) groups is 1. The van der Waals surface area contributed by atoms with Gasteiger partial charge in [-0.25, -0.2) is 17.5 Å². The summed E-state index contributed by atoms with van der Waals surface area (Å²) in [5.41, 5.74) is 13.3. The Morgan fingerprint density at radius 2 is 1.77 bits per heavy atom. The Morgan fingerprint density at radius 3 is 2.35 bits per heavy atom. The fourth-order valence-corrected chi connectivity index (χ4v) is 5.19. The van der Waals surface area contributed by atoms with Gasteiger partial charge in [0.05, 0.1) is 10.9 Å². The van der Waals surface area contributed by atoms with E-state index in [1.54, 1.807) is 18.2 Å². The van der Waals surface area contributed by atoms with E-state index in [9.17, 15) is 17.6 Å². The van der Waals surface area contributed by atoms with Crippen molar-refractivity contribution in [3.05, 3.63) is 59.4 Å². The van der Waals surface area contributed by atoms with Gasteiger partial charge in [0.15, 0.2) is 0 Å². The van der Waals surface area contributed by atoms with E-state index in [4.69, 9.17) is 11.5 Å². The molecular weight excluding hydrogens is 419 g/mol. The average molecular weight is 449 g/mol. The quantitative estimate of drug-likeness (QED) is 0.484. The number of nitrogens with two attached hydrogens (primary N) is 2. The zero-order chi connectivity index (χ0) is 22.6. The number of nitrogen functional groups attached to an aromatic ring is 1. The molecule has 2 aromatic rings. The molecule has 1 atom stereocenters. The van der Waals surface area contributed by atoms with Crippen molar-refractivity contribution in [3.63, 3.8) is 0 Å². The number of rotatable bonds is 7. The first-order chi connectivity index (χ1) is 14.7. The molecule has 0 bridgehead atoms. The molecule has 3 rings (SSSR count). The van der Waals surface area contributed by atoms with Crippen LogP contribution in [0.4, 0.5) is 10.1 Å². The van der Waals surface area contributed by atoms with Crippen LogP contribution in [0.5, 0.6) is 0 Å². The number of hydrogen-bond acceptors (Lipinski definition) is 5. The van der Waals surface area contributed by atoms with Crippen LogP contribution in [-0.2, 0) is 21.4 Å². The number of carbonyl (C=O) groups excluding carboxylic acids is 1. The molecule has 2 aromatic carbocycles. The first-order valence-electron chi connectivity index (χ1n) is 10.4. The Hall–Kier alpha value is -2.49. The van der Waals surface area contributed by atoms with Crippen molar-refractivity contribution in [3.8, 4) is 0 Å². The molecule has 9 heteroatoms. The van der Waals surface area contributed by atoms with Gasteiger partial charge < -0.3 is 16.8 Å². The van der Waals surface area contributed by atoms with Gasteiger partial charge in [-0.1, -0.05) is 18.2 Å². The standard InChI is InChI=1S/C22H29FN4O3S/c1-14(15-2-7-18(23)8-3-15)26-22(28)16-4-9-19(10-5-16)27-31(29,30)20-11-6-17(13-24)21(25)12-20/h2-3,6-8,11-12,14,16,19,27H,4-5,9-10,13,24-25H2,1H3,(H,26,28)/t14-,16?,19?/m1/s1. The molecule has 0 radical (unpaired) electrons. The van der Waals surface area contributed by atoms with Gasteiger partial charge in [0.25, 0.3) is 0 Å². The van der Waals surface area contributed by atoms with Crippen molar-refractivity contribution in [1.82, 2.24) is 10.0 Å². The molecular formula is C22H29FN4O3S. The molecule has 1 aliphatic rings. The van der Waals surface area contributed by atoms with E-state index in [1.807, 2.05) is 6.92 Å². The summed E-state index contributed by atoms with van der Waals surface area (Å²) in [6, 6.07) is 10.1. The first kappa shape index (κ1) is 23.2. The third kappa shape index (κ3) is 5.81. The lowest BCUT2D eigenvalue weighted by Crippen LogP contribution is -2.41. The number of anilines is 1. The van der Waals surface area contributed by atoms with E-state index in [-0.39, 0.29) is 41.2 Å². The topological polar surface area (TPSA) is 127 Å². The highest BCUT2D eigenvalue weighted by atomic mass is 32.2.